The zero-order valence-corrected chi connectivity index (χ0v) is 16.2. The zero-order valence-electron chi connectivity index (χ0n) is 14.6. The van der Waals surface area contributed by atoms with Crippen molar-refractivity contribution in [3.63, 3.8) is 0 Å². The van der Waals surface area contributed by atoms with E-state index in [0.717, 1.165) is 16.1 Å². The largest absolute Gasteiger partial charge is 0.454 e. The Kier molecular flexibility index (Phi) is 5.76. The van der Waals surface area contributed by atoms with Gasteiger partial charge in [0.05, 0.1) is 11.9 Å². The molecular weight excluding hydrogens is 392 g/mol. The number of halogens is 1. The summed E-state index contributed by atoms with van der Waals surface area (Å²) in [6.45, 7) is 0.154. The minimum absolute atomic E-state index is 0.0862. The minimum atomic E-state index is -3.65. The van der Waals surface area contributed by atoms with Crippen LogP contribution in [0.4, 0.5) is 5.69 Å². The summed E-state index contributed by atoms with van der Waals surface area (Å²) in [7, 11) is -3.65. The fraction of sp³-hybridized carbons (Fsp3) is 0.278. The summed E-state index contributed by atoms with van der Waals surface area (Å²) in [4.78, 5) is 12.3. The number of anilines is 1. The lowest BCUT2D eigenvalue weighted by Gasteiger charge is -2.22. The Hall–Kier alpha value is -2.45. The molecule has 27 heavy (non-hydrogen) atoms. The van der Waals surface area contributed by atoms with E-state index < -0.39 is 15.9 Å². The van der Waals surface area contributed by atoms with E-state index in [1.54, 1.807) is 30.3 Å². The van der Waals surface area contributed by atoms with E-state index in [1.165, 1.54) is 0 Å². The van der Waals surface area contributed by atoms with Gasteiger partial charge >= 0.3 is 0 Å². The summed E-state index contributed by atoms with van der Waals surface area (Å²) in [5.74, 6) is 0.593. The van der Waals surface area contributed by atoms with E-state index in [1.807, 2.05) is 12.1 Å². The van der Waals surface area contributed by atoms with Crippen LogP contribution < -0.4 is 19.1 Å². The van der Waals surface area contributed by atoms with Gasteiger partial charge in [-0.3, -0.25) is 9.10 Å². The van der Waals surface area contributed by atoms with Gasteiger partial charge in [0, 0.05) is 17.6 Å². The van der Waals surface area contributed by atoms with Gasteiger partial charge in [-0.05, 0) is 36.2 Å². The molecule has 0 bridgehead atoms. The number of nitrogens with one attached hydrogen (secondary N) is 1. The third-order valence-corrected chi connectivity index (χ3v) is 5.37. The highest BCUT2D eigenvalue weighted by Crippen LogP contribution is 2.36. The van der Waals surface area contributed by atoms with Gasteiger partial charge in [0.25, 0.3) is 0 Å². The first kappa shape index (κ1) is 19.3. The van der Waals surface area contributed by atoms with Gasteiger partial charge in [-0.15, -0.1) is 0 Å². The van der Waals surface area contributed by atoms with Crippen LogP contribution in [0.1, 0.15) is 5.56 Å². The molecule has 0 saturated carbocycles. The molecule has 0 saturated heterocycles. The summed E-state index contributed by atoms with van der Waals surface area (Å²) < 4.78 is 35.8. The molecule has 7 nitrogen and oxygen atoms in total. The van der Waals surface area contributed by atoms with Crippen LogP contribution in [-0.4, -0.2) is 40.5 Å². The van der Waals surface area contributed by atoms with Crippen LogP contribution in [0.5, 0.6) is 11.5 Å². The summed E-state index contributed by atoms with van der Waals surface area (Å²) in [6, 6.07) is 12.1. The molecule has 1 aliphatic heterocycles. The molecule has 0 aliphatic carbocycles. The number of hydrogen-bond acceptors (Lipinski definition) is 5. The van der Waals surface area contributed by atoms with Gasteiger partial charge in [0.1, 0.15) is 6.54 Å². The van der Waals surface area contributed by atoms with E-state index in [4.69, 9.17) is 21.1 Å². The van der Waals surface area contributed by atoms with Crippen LogP contribution in [0.3, 0.4) is 0 Å². The van der Waals surface area contributed by atoms with Gasteiger partial charge in [-0.1, -0.05) is 23.7 Å². The van der Waals surface area contributed by atoms with Gasteiger partial charge in [-0.2, -0.15) is 0 Å². The van der Waals surface area contributed by atoms with Gasteiger partial charge in [0.15, 0.2) is 11.5 Å². The number of carbonyl (C=O) groups is 1. The number of sulfonamides is 1. The van der Waals surface area contributed by atoms with E-state index >= 15 is 0 Å². The first-order chi connectivity index (χ1) is 12.8. The molecule has 0 radical (unpaired) electrons. The van der Waals surface area contributed by atoms with Crippen molar-refractivity contribution in [2.75, 3.05) is 30.4 Å². The summed E-state index contributed by atoms with van der Waals surface area (Å²) in [5, 5.41) is 3.38. The molecule has 2 aromatic carbocycles. The first-order valence-corrected chi connectivity index (χ1v) is 10.4. The summed E-state index contributed by atoms with van der Waals surface area (Å²) in [5.41, 5.74) is 1.37. The van der Waals surface area contributed by atoms with Gasteiger partial charge in [-0.25, -0.2) is 8.42 Å². The van der Waals surface area contributed by atoms with Crippen molar-refractivity contribution in [1.29, 1.82) is 0 Å². The number of ether oxygens (including phenoxy) is 2. The third-order valence-electron chi connectivity index (χ3n) is 3.98. The second kappa shape index (κ2) is 8.06. The number of carbonyl (C=O) groups excluding carboxylic acids is 1. The third kappa shape index (κ3) is 5.05. The average molecular weight is 411 g/mol. The molecular formula is C18H19ClN2O5S. The maximum absolute atomic E-state index is 12.3. The highest BCUT2D eigenvalue weighted by Gasteiger charge is 2.23. The predicted octanol–water partition coefficient (Wildman–Crippen LogP) is 2.19. The Balaban J connectivity index is 1.62. The number of fused-ring (bicyclic) bond motifs is 1. The number of amides is 1. The van der Waals surface area contributed by atoms with Crippen LogP contribution in [0.15, 0.2) is 42.5 Å². The monoisotopic (exact) mass is 410 g/mol. The van der Waals surface area contributed by atoms with Crippen molar-refractivity contribution < 1.29 is 22.7 Å². The summed E-state index contributed by atoms with van der Waals surface area (Å²) in [6.07, 6.45) is 1.67. The second-order valence-corrected chi connectivity index (χ2v) is 8.38. The first-order valence-electron chi connectivity index (χ1n) is 8.21. The SMILES string of the molecule is CS(=O)(=O)N(CC(=O)NCCc1ccc(Cl)cc1)c1ccc2c(c1)OCO2. The molecule has 0 aromatic heterocycles. The molecule has 1 amide bonds. The van der Waals surface area contributed by atoms with Crippen LogP contribution in [0.25, 0.3) is 0 Å². The fourth-order valence-corrected chi connectivity index (χ4v) is 3.60. The Morgan fingerprint density at radius 3 is 2.56 bits per heavy atom. The maximum atomic E-state index is 12.3. The van der Waals surface area contributed by atoms with Crippen LogP contribution in [0, 0.1) is 0 Å². The smallest absolute Gasteiger partial charge is 0.240 e. The topological polar surface area (TPSA) is 84.9 Å². The molecule has 144 valence electrons. The Morgan fingerprint density at radius 2 is 1.85 bits per heavy atom. The lowest BCUT2D eigenvalue weighted by molar-refractivity contribution is -0.119. The normalized spacial score (nSPS) is 12.7. The van der Waals surface area contributed by atoms with Crippen molar-refractivity contribution in [2.24, 2.45) is 0 Å². The molecule has 1 aliphatic rings. The van der Waals surface area contributed by atoms with Crippen LogP contribution >= 0.6 is 11.6 Å². The zero-order chi connectivity index (χ0) is 19.4. The lowest BCUT2D eigenvalue weighted by Crippen LogP contribution is -2.40. The lowest BCUT2D eigenvalue weighted by atomic mass is 10.1. The van der Waals surface area contributed by atoms with Crippen molar-refractivity contribution in [1.82, 2.24) is 5.32 Å². The molecule has 0 spiro atoms. The van der Waals surface area contributed by atoms with Crippen molar-refractivity contribution >= 4 is 33.2 Å². The van der Waals surface area contributed by atoms with Gasteiger partial charge in [0.2, 0.25) is 22.7 Å². The van der Waals surface area contributed by atoms with Crippen molar-refractivity contribution in [3.05, 3.63) is 53.1 Å². The van der Waals surface area contributed by atoms with E-state index in [-0.39, 0.29) is 13.3 Å². The van der Waals surface area contributed by atoms with E-state index in [9.17, 15) is 13.2 Å². The minimum Gasteiger partial charge on any atom is -0.454 e. The predicted molar refractivity (Wildman–Crippen MR) is 103 cm³/mol. The molecule has 0 atom stereocenters. The molecule has 0 unspecified atom stereocenters. The highest BCUT2D eigenvalue weighted by atomic mass is 35.5. The van der Waals surface area contributed by atoms with Crippen molar-refractivity contribution in [2.45, 2.75) is 6.42 Å². The Bertz CT molecular complexity index is 931. The van der Waals surface area contributed by atoms with Gasteiger partial charge < -0.3 is 14.8 Å². The standard InChI is InChI=1S/C18H19ClN2O5S/c1-27(23,24)21(15-6-7-16-17(10-15)26-12-25-16)11-18(22)20-9-8-13-2-4-14(19)5-3-13/h2-7,10H,8-9,11-12H2,1H3,(H,20,22). The number of nitrogens with zero attached hydrogens (tertiary/aromatic N) is 1. The van der Waals surface area contributed by atoms with E-state index in [0.29, 0.717) is 35.2 Å². The molecule has 0 fully saturated rings. The Morgan fingerprint density at radius 1 is 1.15 bits per heavy atom. The number of benzene rings is 2. The van der Waals surface area contributed by atoms with Crippen LogP contribution in [-0.2, 0) is 21.2 Å². The quantitative estimate of drug-likeness (QED) is 0.756. The van der Waals surface area contributed by atoms with E-state index in [2.05, 4.69) is 5.32 Å². The molecule has 1 N–H and O–H groups in total. The second-order valence-electron chi connectivity index (χ2n) is 6.03. The Labute approximate surface area is 162 Å². The van der Waals surface area contributed by atoms with Crippen LogP contribution in [0.2, 0.25) is 5.02 Å². The molecule has 1 heterocycles. The molecule has 9 heteroatoms. The van der Waals surface area contributed by atoms with Crippen molar-refractivity contribution in [3.8, 4) is 11.5 Å². The summed E-state index contributed by atoms with van der Waals surface area (Å²) >= 11 is 5.84. The fourth-order valence-electron chi connectivity index (χ4n) is 2.62. The average Bonchev–Trinajstić information content (AvgIpc) is 3.08. The number of hydrogen-bond donors (Lipinski definition) is 1. The maximum Gasteiger partial charge on any atom is 0.240 e. The molecule has 2 aromatic rings. The number of rotatable bonds is 7. The molecule has 3 rings (SSSR count). The highest BCUT2D eigenvalue weighted by molar-refractivity contribution is 7.92.